The highest BCUT2D eigenvalue weighted by molar-refractivity contribution is 5.91. The van der Waals surface area contributed by atoms with Crippen LogP contribution in [0.4, 0.5) is 0 Å². The van der Waals surface area contributed by atoms with Crippen molar-refractivity contribution in [1.29, 1.82) is 0 Å². The third-order valence-corrected chi connectivity index (χ3v) is 4.84. The number of aromatic nitrogens is 2. The number of fused-ring (bicyclic) bond motifs is 1. The summed E-state index contributed by atoms with van der Waals surface area (Å²) in [4.78, 5) is 9.30. The molecule has 0 saturated carbocycles. The summed E-state index contributed by atoms with van der Waals surface area (Å²) in [6.45, 7) is 4.29. The van der Waals surface area contributed by atoms with Gasteiger partial charge < -0.3 is 5.32 Å². The smallest absolute Gasteiger partial charge is 0.132 e. The van der Waals surface area contributed by atoms with Crippen molar-refractivity contribution in [3.05, 3.63) is 60.2 Å². The average Bonchev–Trinajstić information content (AvgIpc) is 2.63. The summed E-state index contributed by atoms with van der Waals surface area (Å²) < 4.78 is 0. The molecule has 1 fully saturated rings. The van der Waals surface area contributed by atoms with Crippen molar-refractivity contribution in [2.75, 3.05) is 13.1 Å². The summed E-state index contributed by atoms with van der Waals surface area (Å²) in [5.74, 6) is 1.43. The molecule has 2 heterocycles. The first-order valence-corrected chi connectivity index (χ1v) is 8.34. The molecule has 1 atom stereocenters. The molecule has 0 aliphatic carbocycles. The van der Waals surface area contributed by atoms with Gasteiger partial charge in [-0.1, -0.05) is 36.4 Å². The Morgan fingerprint density at radius 2 is 1.87 bits per heavy atom. The molecule has 116 valence electrons. The van der Waals surface area contributed by atoms with Gasteiger partial charge in [0.25, 0.3) is 0 Å². The van der Waals surface area contributed by atoms with Gasteiger partial charge in [0.2, 0.25) is 0 Å². The van der Waals surface area contributed by atoms with Crippen molar-refractivity contribution in [3.63, 3.8) is 0 Å². The van der Waals surface area contributed by atoms with E-state index in [-0.39, 0.29) is 0 Å². The first-order chi connectivity index (χ1) is 11.3. The maximum absolute atomic E-state index is 4.65. The van der Waals surface area contributed by atoms with Gasteiger partial charge in [0.05, 0.1) is 0 Å². The first-order valence-electron chi connectivity index (χ1n) is 8.34. The second-order valence-corrected chi connectivity index (χ2v) is 6.33. The van der Waals surface area contributed by atoms with E-state index in [2.05, 4.69) is 58.6 Å². The number of hydrogen-bond donors (Lipinski definition) is 1. The van der Waals surface area contributed by atoms with Crippen LogP contribution in [0.2, 0.25) is 0 Å². The van der Waals surface area contributed by atoms with Crippen LogP contribution in [0, 0.1) is 6.92 Å². The SMILES string of the molecule is Cc1c(-c2cnc(C3CCCNC3)nc2)ccc2ccccc12. The number of hydrogen-bond acceptors (Lipinski definition) is 3. The number of nitrogens with one attached hydrogen (secondary N) is 1. The van der Waals surface area contributed by atoms with Gasteiger partial charge in [-0.2, -0.15) is 0 Å². The highest BCUT2D eigenvalue weighted by atomic mass is 14.9. The lowest BCUT2D eigenvalue weighted by atomic mass is 9.96. The normalized spacial score (nSPS) is 18.2. The Hall–Kier alpha value is -2.26. The molecule has 1 aromatic heterocycles. The second kappa shape index (κ2) is 6.09. The van der Waals surface area contributed by atoms with Crippen LogP contribution in [0.15, 0.2) is 48.8 Å². The molecule has 3 nitrogen and oxygen atoms in total. The van der Waals surface area contributed by atoms with Gasteiger partial charge in [0.15, 0.2) is 0 Å². The highest BCUT2D eigenvalue weighted by Gasteiger charge is 2.17. The number of aryl methyl sites for hydroxylation is 1. The van der Waals surface area contributed by atoms with Gasteiger partial charge in [-0.15, -0.1) is 0 Å². The molecular formula is C20H21N3. The predicted molar refractivity (Wildman–Crippen MR) is 94.6 cm³/mol. The van der Waals surface area contributed by atoms with Crippen LogP contribution in [-0.4, -0.2) is 23.1 Å². The van der Waals surface area contributed by atoms with E-state index in [4.69, 9.17) is 0 Å². The van der Waals surface area contributed by atoms with Gasteiger partial charge in [-0.05, 0) is 48.2 Å². The largest absolute Gasteiger partial charge is 0.316 e. The van der Waals surface area contributed by atoms with Crippen LogP contribution in [0.25, 0.3) is 21.9 Å². The van der Waals surface area contributed by atoms with E-state index < -0.39 is 0 Å². The van der Waals surface area contributed by atoms with E-state index >= 15 is 0 Å². The summed E-state index contributed by atoms with van der Waals surface area (Å²) in [6, 6.07) is 12.9. The molecule has 1 N–H and O–H groups in total. The van der Waals surface area contributed by atoms with Crippen LogP contribution in [0.3, 0.4) is 0 Å². The number of piperidine rings is 1. The molecule has 0 radical (unpaired) electrons. The molecule has 0 spiro atoms. The number of nitrogens with zero attached hydrogens (tertiary/aromatic N) is 2. The fraction of sp³-hybridized carbons (Fsp3) is 0.300. The zero-order valence-electron chi connectivity index (χ0n) is 13.4. The zero-order chi connectivity index (χ0) is 15.6. The van der Waals surface area contributed by atoms with Gasteiger partial charge in [-0.25, -0.2) is 9.97 Å². The fourth-order valence-corrected chi connectivity index (χ4v) is 3.50. The maximum atomic E-state index is 4.65. The summed E-state index contributed by atoms with van der Waals surface area (Å²) in [5.41, 5.74) is 3.61. The summed E-state index contributed by atoms with van der Waals surface area (Å²) >= 11 is 0. The fourth-order valence-electron chi connectivity index (χ4n) is 3.50. The van der Waals surface area contributed by atoms with Crippen molar-refractivity contribution in [1.82, 2.24) is 15.3 Å². The highest BCUT2D eigenvalue weighted by Crippen LogP contribution is 2.29. The van der Waals surface area contributed by atoms with E-state index in [1.807, 2.05) is 12.4 Å². The Morgan fingerprint density at radius 1 is 1.04 bits per heavy atom. The lowest BCUT2D eigenvalue weighted by Crippen LogP contribution is -2.29. The van der Waals surface area contributed by atoms with Crippen LogP contribution in [0.1, 0.15) is 30.1 Å². The van der Waals surface area contributed by atoms with Crippen molar-refractivity contribution in [2.45, 2.75) is 25.7 Å². The van der Waals surface area contributed by atoms with Gasteiger partial charge in [0, 0.05) is 30.4 Å². The average molecular weight is 303 g/mol. The Labute approximate surface area is 136 Å². The van der Waals surface area contributed by atoms with E-state index in [1.165, 1.54) is 34.7 Å². The minimum absolute atomic E-state index is 0.454. The van der Waals surface area contributed by atoms with Crippen LogP contribution in [0.5, 0.6) is 0 Å². The summed E-state index contributed by atoms with van der Waals surface area (Å²) in [6.07, 6.45) is 6.35. The van der Waals surface area contributed by atoms with E-state index in [0.717, 1.165) is 24.5 Å². The van der Waals surface area contributed by atoms with E-state index in [9.17, 15) is 0 Å². The molecule has 0 bridgehead atoms. The molecule has 0 amide bonds. The predicted octanol–water partition coefficient (Wildman–Crippen LogP) is 4.07. The first kappa shape index (κ1) is 14.3. The number of benzene rings is 2. The topological polar surface area (TPSA) is 37.8 Å². The Balaban J connectivity index is 1.69. The lowest BCUT2D eigenvalue weighted by molar-refractivity contribution is 0.446. The Kier molecular flexibility index (Phi) is 3.80. The van der Waals surface area contributed by atoms with Crippen molar-refractivity contribution in [3.8, 4) is 11.1 Å². The molecule has 1 unspecified atom stereocenters. The van der Waals surface area contributed by atoms with Gasteiger partial charge >= 0.3 is 0 Å². The van der Waals surface area contributed by atoms with Crippen molar-refractivity contribution >= 4 is 10.8 Å². The maximum Gasteiger partial charge on any atom is 0.132 e. The standard InChI is InChI=1S/C20H21N3/c1-14-18-7-3-2-5-15(18)8-9-19(14)17-12-22-20(23-13-17)16-6-4-10-21-11-16/h2-3,5,7-9,12-13,16,21H,4,6,10-11H2,1H3. The monoisotopic (exact) mass is 303 g/mol. The van der Waals surface area contributed by atoms with Crippen molar-refractivity contribution < 1.29 is 0 Å². The van der Waals surface area contributed by atoms with Crippen LogP contribution < -0.4 is 5.32 Å². The zero-order valence-corrected chi connectivity index (χ0v) is 13.4. The van der Waals surface area contributed by atoms with E-state index in [1.54, 1.807) is 0 Å². The Bertz CT molecular complexity index is 818. The van der Waals surface area contributed by atoms with Crippen LogP contribution in [-0.2, 0) is 0 Å². The summed E-state index contributed by atoms with van der Waals surface area (Å²) in [7, 11) is 0. The third kappa shape index (κ3) is 2.73. The Morgan fingerprint density at radius 3 is 2.65 bits per heavy atom. The molecule has 23 heavy (non-hydrogen) atoms. The van der Waals surface area contributed by atoms with Gasteiger partial charge in [0.1, 0.15) is 5.82 Å². The molecule has 1 saturated heterocycles. The van der Waals surface area contributed by atoms with E-state index in [0.29, 0.717) is 5.92 Å². The van der Waals surface area contributed by atoms with Crippen molar-refractivity contribution in [2.24, 2.45) is 0 Å². The molecular weight excluding hydrogens is 282 g/mol. The number of rotatable bonds is 2. The van der Waals surface area contributed by atoms with Crippen LogP contribution >= 0.6 is 0 Å². The molecule has 3 heteroatoms. The lowest BCUT2D eigenvalue weighted by Gasteiger charge is -2.21. The molecule has 4 rings (SSSR count). The molecule has 1 aliphatic rings. The van der Waals surface area contributed by atoms with Gasteiger partial charge in [-0.3, -0.25) is 0 Å². The minimum Gasteiger partial charge on any atom is -0.316 e. The minimum atomic E-state index is 0.454. The molecule has 3 aromatic rings. The quantitative estimate of drug-likeness (QED) is 0.775. The third-order valence-electron chi connectivity index (χ3n) is 4.84. The summed E-state index contributed by atoms with van der Waals surface area (Å²) in [5, 5.41) is 6.00. The molecule has 1 aliphatic heterocycles. The second-order valence-electron chi connectivity index (χ2n) is 6.33. The molecule has 2 aromatic carbocycles.